The normalized spacial score (nSPS) is 16.3. The summed E-state index contributed by atoms with van der Waals surface area (Å²) in [5.41, 5.74) is 0.384. The first-order chi connectivity index (χ1) is 10.9. The predicted octanol–water partition coefficient (Wildman–Crippen LogP) is 2.03. The highest BCUT2D eigenvalue weighted by molar-refractivity contribution is 5.83. The van der Waals surface area contributed by atoms with Gasteiger partial charge in [0.15, 0.2) is 6.10 Å². The van der Waals surface area contributed by atoms with Crippen LogP contribution >= 0.6 is 0 Å². The highest BCUT2D eigenvalue weighted by Crippen LogP contribution is 2.41. The van der Waals surface area contributed by atoms with E-state index in [9.17, 15) is 14.7 Å². The van der Waals surface area contributed by atoms with Gasteiger partial charge in [0.2, 0.25) is 5.91 Å². The van der Waals surface area contributed by atoms with Crippen LogP contribution in [0, 0.1) is 11.3 Å². The minimum atomic E-state index is -1.35. The maximum absolute atomic E-state index is 12.2. The lowest BCUT2D eigenvalue weighted by Crippen LogP contribution is -2.47. The Labute approximate surface area is 137 Å². The third-order valence-corrected chi connectivity index (χ3v) is 4.66. The van der Waals surface area contributed by atoms with Gasteiger partial charge >= 0.3 is 5.97 Å². The SMILES string of the molecule is CC(C)(C(=O)NCC(O)C(=O)OCc1ccccc1)C1CCC1. The van der Waals surface area contributed by atoms with Gasteiger partial charge in [0.25, 0.3) is 0 Å². The van der Waals surface area contributed by atoms with E-state index in [1.165, 1.54) is 0 Å². The van der Waals surface area contributed by atoms with Gasteiger partial charge in [0.05, 0.1) is 6.54 Å². The van der Waals surface area contributed by atoms with Gasteiger partial charge in [0.1, 0.15) is 6.61 Å². The molecule has 23 heavy (non-hydrogen) atoms. The van der Waals surface area contributed by atoms with Crippen LogP contribution in [0.2, 0.25) is 0 Å². The van der Waals surface area contributed by atoms with E-state index in [2.05, 4.69) is 5.32 Å². The summed E-state index contributed by atoms with van der Waals surface area (Å²) in [6.07, 6.45) is 1.93. The second-order valence-electron chi connectivity index (χ2n) is 6.67. The van der Waals surface area contributed by atoms with Gasteiger partial charge in [-0.1, -0.05) is 50.6 Å². The van der Waals surface area contributed by atoms with Gasteiger partial charge in [0, 0.05) is 5.41 Å². The van der Waals surface area contributed by atoms with Gasteiger partial charge in [-0.25, -0.2) is 4.79 Å². The molecule has 0 aliphatic heterocycles. The Morgan fingerprint density at radius 3 is 2.52 bits per heavy atom. The van der Waals surface area contributed by atoms with E-state index in [0.29, 0.717) is 5.92 Å². The molecule has 126 valence electrons. The summed E-state index contributed by atoms with van der Waals surface area (Å²) in [5, 5.41) is 12.5. The van der Waals surface area contributed by atoms with Gasteiger partial charge in [-0.2, -0.15) is 0 Å². The number of rotatable bonds is 7. The van der Waals surface area contributed by atoms with Crippen molar-refractivity contribution in [1.82, 2.24) is 5.32 Å². The van der Waals surface area contributed by atoms with Crippen molar-refractivity contribution in [2.75, 3.05) is 6.54 Å². The molecule has 1 aliphatic carbocycles. The monoisotopic (exact) mass is 319 g/mol. The van der Waals surface area contributed by atoms with Crippen LogP contribution < -0.4 is 5.32 Å². The van der Waals surface area contributed by atoms with Gasteiger partial charge in [-0.3, -0.25) is 4.79 Å². The fourth-order valence-electron chi connectivity index (χ4n) is 2.64. The number of nitrogens with one attached hydrogen (secondary N) is 1. The standard InChI is InChI=1S/C18H25NO4/c1-18(2,14-9-6-10-14)17(22)19-11-15(20)16(21)23-12-13-7-4-3-5-8-13/h3-5,7-8,14-15,20H,6,9-12H2,1-2H3,(H,19,22). The summed E-state index contributed by atoms with van der Waals surface area (Å²) in [4.78, 5) is 24.0. The highest BCUT2D eigenvalue weighted by atomic mass is 16.5. The molecule has 0 spiro atoms. The molecule has 1 fully saturated rings. The number of ether oxygens (including phenoxy) is 1. The number of benzene rings is 1. The summed E-state index contributed by atoms with van der Waals surface area (Å²) in [5.74, 6) is -0.475. The van der Waals surface area contributed by atoms with Crippen LogP contribution in [-0.4, -0.2) is 29.6 Å². The number of hydrogen-bond donors (Lipinski definition) is 2. The van der Waals surface area contributed by atoms with Crippen LogP contribution in [0.4, 0.5) is 0 Å². The Kier molecular flexibility index (Phi) is 5.77. The number of carbonyl (C=O) groups excluding carboxylic acids is 2. The van der Waals surface area contributed by atoms with Crippen LogP contribution in [-0.2, 0) is 20.9 Å². The molecule has 2 rings (SSSR count). The number of esters is 1. The predicted molar refractivity (Wildman–Crippen MR) is 86.4 cm³/mol. The second kappa shape index (κ2) is 7.59. The number of amides is 1. The van der Waals surface area contributed by atoms with E-state index in [1.807, 2.05) is 44.2 Å². The highest BCUT2D eigenvalue weighted by Gasteiger charge is 2.40. The Morgan fingerprint density at radius 1 is 1.30 bits per heavy atom. The van der Waals surface area contributed by atoms with Crippen LogP contribution in [0.25, 0.3) is 0 Å². The zero-order valence-electron chi connectivity index (χ0n) is 13.7. The lowest BCUT2D eigenvalue weighted by molar-refractivity contribution is -0.155. The molecular formula is C18H25NO4. The van der Waals surface area contributed by atoms with Crippen molar-refractivity contribution in [1.29, 1.82) is 0 Å². The molecule has 1 atom stereocenters. The summed E-state index contributed by atoms with van der Waals surface area (Å²) < 4.78 is 5.05. The first-order valence-corrected chi connectivity index (χ1v) is 8.08. The quantitative estimate of drug-likeness (QED) is 0.754. The smallest absolute Gasteiger partial charge is 0.337 e. The van der Waals surface area contributed by atoms with Crippen molar-refractivity contribution >= 4 is 11.9 Å². The summed E-state index contributed by atoms with van der Waals surface area (Å²) in [6.45, 7) is 3.80. The van der Waals surface area contributed by atoms with Crippen LogP contribution in [0.1, 0.15) is 38.7 Å². The Hall–Kier alpha value is -1.88. The number of carbonyl (C=O) groups is 2. The molecule has 1 saturated carbocycles. The Bertz CT molecular complexity index is 537. The fraction of sp³-hybridized carbons (Fsp3) is 0.556. The Morgan fingerprint density at radius 2 is 1.96 bits per heavy atom. The van der Waals surface area contributed by atoms with Crippen molar-refractivity contribution in [3.05, 3.63) is 35.9 Å². The summed E-state index contributed by atoms with van der Waals surface area (Å²) in [7, 11) is 0. The van der Waals surface area contributed by atoms with E-state index < -0.39 is 17.5 Å². The zero-order valence-corrected chi connectivity index (χ0v) is 13.7. The van der Waals surface area contributed by atoms with E-state index in [-0.39, 0.29) is 19.1 Å². The molecule has 5 nitrogen and oxygen atoms in total. The maximum Gasteiger partial charge on any atom is 0.337 e. The molecular weight excluding hydrogens is 294 g/mol. The third kappa shape index (κ3) is 4.55. The second-order valence-corrected chi connectivity index (χ2v) is 6.67. The molecule has 0 radical (unpaired) electrons. The number of aliphatic hydroxyl groups excluding tert-OH is 1. The number of aliphatic hydroxyl groups is 1. The summed E-state index contributed by atoms with van der Waals surface area (Å²) in [6, 6.07) is 9.25. The van der Waals surface area contributed by atoms with Crippen LogP contribution in [0.5, 0.6) is 0 Å². The molecule has 1 aromatic carbocycles. The average molecular weight is 319 g/mol. The van der Waals surface area contributed by atoms with Crippen LogP contribution in [0.15, 0.2) is 30.3 Å². The van der Waals surface area contributed by atoms with Crippen LogP contribution in [0.3, 0.4) is 0 Å². The molecule has 1 aliphatic rings. The first kappa shape index (κ1) is 17.5. The maximum atomic E-state index is 12.2. The Balaban J connectivity index is 1.74. The lowest BCUT2D eigenvalue weighted by Gasteiger charge is -2.39. The van der Waals surface area contributed by atoms with Gasteiger partial charge in [-0.15, -0.1) is 0 Å². The van der Waals surface area contributed by atoms with Gasteiger partial charge in [-0.05, 0) is 24.3 Å². The van der Waals surface area contributed by atoms with E-state index in [4.69, 9.17) is 4.74 Å². The zero-order chi connectivity index (χ0) is 16.9. The van der Waals surface area contributed by atoms with Gasteiger partial charge < -0.3 is 15.2 Å². The van der Waals surface area contributed by atoms with Crippen molar-refractivity contribution in [3.63, 3.8) is 0 Å². The molecule has 2 N–H and O–H groups in total. The van der Waals surface area contributed by atoms with E-state index in [0.717, 1.165) is 24.8 Å². The molecule has 0 aromatic heterocycles. The molecule has 5 heteroatoms. The fourth-order valence-corrected chi connectivity index (χ4v) is 2.64. The molecule has 0 heterocycles. The first-order valence-electron chi connectivity index (χ1n) is 8.08. The molecule has 1 amide bonds. The molecule has 1 unspecified atom stereocenters. The molecule has 0 saturated heterocycles. The largest absolute Gasteiger partial charge is 0.459 e. The van der Waals surface area contributed by atoms with E-state index >= 15 is 0 Å². The van der Waals surface area contributed by atoms with Crippen molar-refractivity contribution in [3.8, 4) is 0 Å². The third-order valence-electron chi connectivity index (χ3n) is 4.66. The topological polar surface area (TPSA) is 75.6 Å². The minimum Gasteiger partial charge on any atom is -0.459 e. The van der Waals surface area contributed by atoms with Crippen molar-refractivity contribution in [2.24, 2.45) is 11.3 Å². The van der Waals surface area contributed by atoms with Crippen molar-refractivity contribution in [2.45, 2.75) is 45.8 Å². The summed E-state index contributed by atoms with van der Waals surface area (Å²) >= 11 is 0. The minimum absolute atomic E-state index is 0.109. The molecule has 0 bridgehead atoms. The average Bonchev–Trinajstić information content (AvgIpc) is 2.48. The number of hydrogen-bond acceptors (Lipinski definition) is 4. The lowest BCUT2D eigenvalue weighted by atomic mass is 9.67. The molecule has 1 aromatic rings. The van der Waals surface area contributed by atoms with E-state index in [1.54, 1.807) is 0 Å². The van der Waals surface area contributed by atoms with Crippen molar-refractivity contribution < 1.29 is 19.4 Å².